The molecule has 0 saturated heterocycles. The Bertz CT molecular complexity index is 775. The van der Waals surface area contributed by atoms with E-state index in [1.165, 1.54) is 0 Å². The van der Waals surface area contributed by atoms with Crippen LogP contribution in [0.4, 0.5) is 0 Å². The molecule has 0 aliphatic rings. The van der Waals surface area contributed by atoms with E-state index >= 15 is 0 Å². The Morgan fingerprint density at radius 3 is 2.20 bits per heavy atom. The lowest BCUT2D eigenvalue weighted by atomic mass is 10.2. The molecule has 2 N–H and O–H groups in total. The highest BCUT2D eigenvalue weighted by molar-refractivity contribution is 7.91. The molecule has 0 bridgehead atoms. The Kier molecular flexibility index (Phi) is 7.01. The number of benzene rings is 2. The summed E-state index contributed by atoms with van der Waals surface area (Å²) in [7, 11) is -1.66. The van der Waals surface area contributed by atoms with Crippen molar-refractivity contribution in [2.75, 3.05) is 12.8 Å². The molecule has 0 fully saturated rings. The van der Waals surface area contributed by atoms with E-state index in [0.29, 0.717) is 23.8 Å². The summed E-state index contributed by atoms with van der Waals surface area (Å²) in [5.74, 6) is 0.624. The Labute approximate surface area is 150 Å². The van der Waals surface area contributed by atoms with Crippen molar-refractivity contribution in [2.24, 2.45) is 4.99 Å². The van der Waals surface area contributed by atoms with Gasteiger partial charge in [0.15, 0.2) is 15.8 Å². The maximum Gasteiger partial charge on any atom is 0.191 e. The number of sulfone groups is 1. The molecule has 0 amide bonds. The van der Waals surface area contributed by atoms with Gasteiger partial charge in [-0.05, 0) is 24.1 Å². The highest BCUT2D eigenvalue weighted by Gasteiger charge is 2.20. The summed E-state index contributed by atoms with van der Waals surface area (Å²) in [6.45, 7) is 2.59. The minimum atomic E-state index is -3.34. The molecule has 1 unspecified atom stereocenters. The molecule has 0 aliphatic heterocycles. The van der Waals surface area contributed by atoms with E-state index in [0.717, 1.165) is 5.56 Å². The number of hydrogen-bond acceptors (Lipinski definition) is 3. The van der Waals surface area contributed by atoms with Crippen molar-refractivity contribution in [1.82, 2.24) is 10.6 Å². The molecule has 2 aromatic carbocycles. The van der Waals surface area contributed by atoms with Gasteiger partial charge < -0.3 is 10.6 Å². The van der Waals surface area contributed by atoms with Crippen LogP contribution < -0.4 is 10.6 Å². The van der Waals surface area contributed by atoms with Gasteiger partial charge in [0.05, 0.1) is 10.6 Å². The number of nitrogens with zero attached hydrogens (tertiary/aromatic N) is 1. The number of hydrogen-bond donors (Lipinski definition) is 2. The topological polar surface area (TPSA) is 70.6 Å². The third kappa shape index (κ3) is 5.90. The Balaban J connectivity index is 1.97. The number of aliphatic imine (C=N–C) groups is 1. The summed E-state index contributed by atoms with van der Waals surface area (Å²) < 4.78 is 25.1. The SMILES string of the molecule is CCC(CS(=O)(=O)c1ccccc1)NC(=NC)NCc1ccccc1. The van der Waals surface area contributed by atoms with Gasteiger partial charge in [-0.25, -0.2) is 8.42 Å². The van der Waals surface area contributed by atoms with Crippen molar-refractivity contribution in [3.63, 3.8) is 0 Å². The summed E-state index contributed by atoms with van der Waals surface area (Å²) in [6.07, 6.45) is 0.679. The highest BCUT2D eigenvalue weighted by atomic mass is 32.2. The minimum Gasteiger partial charge on any atom is -0.353 e. The van der Waals surface area contributed by atoms with Crippen molar-refractivity contribution in [3.8, 4) is 0 Å². The van der Waals surface area contributed by atoms with Crippen LogP contribution in [0.1, 0.15) is 18.9 Å². The van der Waals surface area contributed by atoms with E-state index in [4.69, 9.17) is 0 Å². The fourth-order valence-electron chi connectivity index (χ4n) is 2.42. The van der Waals surface area contributed by atoms with E-state index in [-0.39, 0.29) is 11.8 Å². The quantitative estimate of drug-likeness (QED) is 0.589. The third-order valence-electron chi connectivity index (χ3n) is 3.88. The lowest BCUT2D eigenvalue weighted by Crippen LogP contribution is -2.45. The monoisotopic (exact) mass is 359 g/mol. The van der Waals surface area contributed by atoms with Crippen LogP contribution in [0.5, 0.6) is 0 Å². The van der Waals surface area contributed by atoms with Gasteiger partial charge in [-0.1, -0.05) is 55.5 Å². The summed E-state index contributed by atoms with van der Waals surface area (Å²) in [6, 6.07) is 18.3. The fraction of sp³-hybridized carbons (Fsp3) is 0.316. The zero-order valence-electron chi connectivity index (χ0n) is 14.6. The van der Waals surface area contributed by atoms with Crippen LogP contribution in [0.15, 0.2) is 70.6 Å². The second-order valence-electron chi connectivity index (χ2n) is 5.76. The lowest BCUT2D eigenvalue weighted by Gasteiger charge is -2.20. The van der Waals surface area contributed by atoms with Gasteiger partial charge in [0, 0.05) is 19.6 Å². The molecule has 0 aliphatic carbocycles. The second-order valence-corrected chi connectivity index (χ2v) is 7.79. The largest absolute Gasteiger partial charge is 0.353 e. The molecule has 0 radical (unpaired) electrons. The molecule has 0 heterocycles. The lowest BCUT2D eigenvalue weighted by molar-refractivity contribution is 0.568. The first kappa shape index (κ1) is 19.0. The summed E-state index contributed by atoms with van der Waals surface area (Å²) in [4.78, 5) is 4.54. The molecule has 1 atom stereocenters. The number of nitrogens with one attached hydrogen (secondary N) is 2. The summed E-state index contributed by atoms with van der Waals surface area (Å²) in [5.41, 5.74) is 1.13. The van der Waals surface area contributed by atoms with Crippen LogP contribution in [0.3, 0.4) is 0 Å². The molecule has 5 nitrogen and oxygen atoms in total. The van der Waals surface area contributed by atoms with Gasteiger partial charge in [0.1, 0.15) is 0 Å². The second kappa shape index (κ2) is 9.22. The van der Waals surface area contributed by atoms with Crippen LogP contribution in [0.2, 0.25) is 0 Å². The van der Waals surface area contributed by atoms with Crippen molar-refractivity contribution in [2.45, 2.75) is 30.8 Å². The van der Waals surface area contributed by atoms with Crippen molar-refractivity contribution in [3.05, 3.63) is 66.2 Å². The Hall–Kier alpha value is -2.34. The maximum atomic E-state index is 12.6. The Morgan fingerprint density at radius 1 is 1.04 bits per heavy atom. The van der Waals surface area contributed by atoms with Crippen molar-refractivity contribution < 1.29 is 8.42 Å². The van der Waals surface area contributed by atoms with Crippen molar-refractivity contribution >= 4 is 15.8 Å². The number of guanidine groups is 1. The van der Waals surface area contributed by atoms with Crippen LogP contribution in [-0.4, -0.2) is 33.2 Å². The molecule has 6 heteroatoms. The van der Waals surface area contributed by atoms with Crippen LogP contribution >= 0.6 is 0 Å². The first-order valence-corrected chi connectivity index (χ1v) is 9.99. The average Bonchev–Trinajstić information content (AvgIpc) is 2.65. The zero-order chi connectivity index (χ0) is 18.1. The molecule has 2 rings (SSSR count). The normalized spacial score (nSPS) is 13.3. The molecule has 134 valence electrons. The van der Waals surface area contributed by atoms with E-state index in [9.17, 15) is 8.42 Å². The Morgan fingerprint density at radius 2 is 1.64 bits per heavy atom. The standard InChI is InChI=1S/C19H25N3O2S/c1-3-17(15-25(23,24)18-12-8-5-9-13-18)22-19(20-2)21-14-16-10-6-4-7-11-16/h4-13,17H,3,14-15H2,1-2H3,(H2,20,21,22). The van der Waals surface area contributed by atoms with Gasteiger partial charge in [-0.15, -0.1) is 0 Å². The highest BCUT2D eigenvalue weighted by Crippen LogP contribution is 2.12. The van der Waals surface area contributed by atoms with Gasteiger partial charge >= 0.3 is 0 Å². The maximum absolute atomic E-state index is 12.6. The molecular formula is C19H25N3O2S. The smallest absolute Gasteiger partial charge is 0.191 e. The van der Waals surface area contributed by atoms with Crippen LogP contribution in [0.25, 0.3) is 0 Å². The molecule has 0 aromatic heterocycles. The summed E-state index contributed by atoms with van der Waals surface area (Å²) in [5, 5.41) is 6.43. The van der Waals surface area contributed by atoms with Gasteiger partial charge in [-0.3, -0.25) is 4.99 Å². The number of rotatable bonds is 7. The van der Waals surface area contributed by atoms with E-state index in [1.807, 2.05) is 43.3 Å². The van der Waals surface area contributed by atoms with Crippen LogP contribution in [-0.2, 0) is 16.4 Å². The minimum absolute atomic E-state index is 0.0273. The van der Waals surface area contributed by atoms with E-state index in [2.05, 4.69) is 15.6 Å². The first-order valence-electron chi connectivity index (χ1n) is 8.34. The molecule has 2 aromatic rings. The van der Waals surface area contributed by atoms with Gasteiger partial charge in [0.25, 0.3) is 0 Å². The molecule has 0 saturated carbocycles. The van der Waals surface area contributed by atoms with Crippen LogP contribution in [0, 0.1) is 0 Å². The third-order valence-corrected chi connectivity index (χ3v) is 5.71. The fourth-order valence-corrected chi connectivity index (χ4v) is 4.03. The predicted octanol–water partition coefficient (Wildman–Crippen LogP) is 2.60. The zero-order valence-corrected chi connectivity index (χ0v) is 15.5. The first-order chi connectivity index (χ1) is 12.0. The predicted molar refractivity (Wildman–Crippen MR) is 102 cm³/mol. The van der Waals surface area contributed by atoms with Crippen molar-refractivity contribution in [1.29, 1.82) is 0 Å². The summed E-state index contributed by atoms with van der Waals surface area (Å²) >= 11 is 0. The molecule has 25 heavy (non-hydrogen) atoms. The molecular weight excluding hydrogens is 334 g/mol. The van der Waals surface area contributed by atoms with E-state index < -0.39 is 9.84 Å². The van der Waals surface area contributed by atoms with Gasteiger partial charge in [-0.2, -0.15) is 0 Å². The average molecular weight is 359 g/mol. The van der Waals surface area contributed by atoms with E-state index in [1.54, 1.807) is 31.3 Å². The molecule has 0 spiro atoms. The van der Waals surface area contributed by atoms with Gasteiger partial charge in [0.2, 0.25) is 0 Å².